The summed E-state index contributed by atoms with van der Waals surface area (Å²) in [5.41, 5.74) is 1.37. The third-order valence-electron chi connectivity index (χ3n) is 3.11. The number of benzene rings is 2. The molecule has 0 amide bonds. The van der Waals surface area contributed by atoms with E-state index in [1.54, 1.807) is 11.8 Å². The highest BCUT2D eigenvalue weighted by Crippen LogP contribution is 2.30. The largest absolute Gasteiger partial charge is 0.493 e. The van der Waals surface area contributed by atoms with Crippen molar-refractivity contribution in [2.75, 3.05) is 19.0 Å². The molecule has 108 valence electrons. The molecule has 21 heavy (non-hydrogen) atoms. The van der Waals surface area contributed by atoms with Crippen molar-refractivity contribution in [3.63, 3.8) is 0 Å². The van der Waals surface area contributed by atoms with Crippen LogP contribution in [0.15, 0.2) is 58.6 Å². The molecule has 5 heteroatoms. The molecule has 0 bridgehead atoms. The van der Waals surface area contributed by atoms with Gasteiger partial charge in [-0.1, -0.05) is 23.4 Å². The summed E-state index contributed by atoms with van der Waals surface area (Å²) in [5, 5.41) is 12.1. The normalized spacial score (nSPS) is 14.8. The number of hydrogen-bond donors (Lipinski definition) is 1. The van der Waals surface area contributed by atoms with Gasteiger partial charge in [0.05, 0.1) is 6.61 Å². The molecule has 0 radical (unpaired) electrons. The van der Waals surface area contributed by atoms with Gasteiger partial charge in [0.2, 0.25) is 0 Å². The second-order valence-electron chi connectivity index (χ2n) is 4.50. The van der Waals surface area contributed by atoms with E-state index in [0.29, 0.717) is 24.7 Å². The van der Waals surface area contributed by atoms with Crippen molar-refractivity contribution in [1.82, 2.24) is 0 Å². The SMILES string of the molecule is ON=C1COc2cc(OCCSc3ccccc3)ccc21. The second-order valence-corrected chi connectivity index (χ2v) is 5.67. The third kappa shape index (κ3) is 3.31. The van der Waals surface area contributed by atoms with Crippen LogP contribution in [-0.4, -0.2) is 29.9 Å². The Hall–Kier alpha value is -2.14. The van der Waals surface area contributed by atoms with Gasteiger partial charge in [-0.3, -0.25) is 0 Å². The lowest BCUT2D eigenvalue weighted by Crippen LogP contribution is -2.01. The molecule has 4 nitrogen and oxygen atoms in total. The van der Waals surface area contributed by atoms with Crippen molar-refractivity contribution < 1.29 is 14.7 Å². The average molecular weight is 301 g/mol. The van der Waals surface area contributed by atoms with E-state index in [1.807, 2.05) is 36.4 Å². The van der Waals surface area contributed by atoms with Crippen LogP contribution in [0, 0.1) is 0 Å². The first-order valence-electron chi connectivity index (χ1n) is 6.65. The molecule has 0 unspecified atom stereocenters. The van der Waals surface area contributed by atoms with Gasteiger partial charge >= 0.3 is 0 Å². The van der Waals surface area contributed by atoms with E-state index in [0.717, 1.165) is 17.1 Å². The van der Waals surface area contributed by atoms with Crippen LogP contribution in [-0.2, 0) is 0 Å². The Balaban J connectivity index is 1.53. The Morgan fingerprint density at radius 3 is 2.86 bits per heavy atom. The number of rotatable bonds is 5. The van der Waals surface area contributed by atoms with E-state index in [4.69, 9.17) is 14.7 Å². The third-order valence-corrected chi connectivity index (χ3v) is 4.09. The molecular weight excluding hydrogens is 286 g/mol. The van der Waals surface area contributed by atoms with Crippen LogP contribution in [0.3, 0.4) is 0 Å². The molecule has 1 N–H and O–H groups in total. The number of nitrogens with zero attached hydrogens (tertiary/aromatic N) is 1. The number of hydrogen-bond acceptors (Lipinski definition) is 5. The van der Waals surface area contributed by atoms with Crippen molar-refractivity contribution in [2.45, 2.75) is 4.90 Å². The minimum atomic E-state index is 0.305. The van der Waals surface area contributed by atoms with Crippen molar-refractivity contribution in [2.24, 2.45) is 5.16 Å². The van der Waals surface area contributed by atoms with Crippen LogP contribution in [0.2, 0.25) is 0 Å². The standard InChI is InChI=1S/C16H15NO3S/c18-17-15-11-20-16-10-12(6-7-14(15)16)19-8-9-21-13-4-2-1-3-5-13/h1-7,10,18H,8-9,11H2. The van der Waals surface area contributed by atoms with Gasteiger partial charge in [-0.05, 0) is 24.3 Å². The fraction of sp³-hybridized carbons (Fsp3) is 0.188. The molecule has 0 aromatic heterocycles. The van der Waals surface area contributed by atoms with Gasteiger partial charge in [0.25, 0.3) is 0 Å². The van der Waals surface area contributed by atoms with Crippen LogP contribution >= 0.6 is 11.8 Å². The molecule has 0 atom stereocenters. The molecule has 2 aromatic rings. The zero-order chi connectivity index (χ0) is 14.5. The molecular formula is C16H15NO3S. The van der Waals surface area contributed by atoms with Gasteiger partial charge in [0.1, 0.15) is 23.8 Å². The van der Waals surface area contributed by atoms with Gasteiger partial charge in [0, 0.05) is 22.3 Å². The Labute approximate surface area is 127 Å². The lowest BCUT2D eigenvalue weighted by atomic mass is 10.1. The topological polar surface area (TPSA) is 51.1 Å². The summed E-state index contributed by atoms with van der Waals surface area (Å²) in [6.07, 6.45) is 0. The fourth-order valence-electron chi connectivity index (χ4n) is 2.09. The number of oxime groups is 1. The molecule has 2 aromatic carbocycles. The van der Waals surface area contributed by atoms with Crippen molar-refractivity contribution >= 4 is 17.5 Å². The first kappa shape index (κ1) is 13.8. The predicted octanol–water partition coefficient (Wildman–Crippen LogP) is 3.43. The first-order chi connectivity index (χ1) is 10.4. The zero-order valence-electron chi connectivity index (χ0n) is 11.4. The highest BCUT2D eigenvalue weighted by atomic mass is 32.2. The minimum Gasteiger partial charge on any atom is -0.493 e. The molecule has 0 saturated carbocycles. The maximum Gasteiger partial charge on any atom is 0.134 e. The highest BCUT2D eigenvalue weighted by molar-refractivity contribution is 7.99. The van der Waals surface area contributed by atoms with Gasteiger partial charge in [0.15, 0.2) is 0 Å². The summed E-state index contributed by atoms with van der Waals surface area (Å²) in [6.45, 7) is 0.929. The van der Waals surface area contributed by atoms with E-state index in [2.05, 4.69) is 17.3 Å². The van der Waals surface area contributed by atoms with E-state index in [-0.39, 0.29) is 0 Å². The van der Waals surface area contributed by atoms with Gasteiger partial charge < -0.3 is 14.7 Å². The number of fused-ring (bicyclic) bond motifs is 1. The molecule has 0 fully saturated rings. The van der Waals surface area contributed by atoms with Gasteiger partial charge in [-0.15, -0.1) is 11.8 Å². The number of thioether (sulfide) groups is 1. The summed E-state index contributed by atoms with van der Waals surface area (Å²) in [5.74, 6) is 2.35. The summed E-state index contributed by atoms with van der Waals surface area (Å²) >= 11 is 1.76. The fourth-order valence-corrected chi connectivity index (χ4v) is 2.84. The van der Waals surface area contributed by atoms with Gasteiger partial charge in [-0.25, -0.2) is 0 Å². The highest BCUT2D eigenvalue weighted by Gasteiger charge is 2.20. The predicted molar refractivity (Wildman–Crippen MR) is 82.9 cm³/mol. The van der Waals surface area contributed by atoms with Crippen LogP contribution in [0.4, 0.5) is 0 Å². The average Bonchev–Trinajstić information content (AvgIpc) is 2.95. The van der Waals surface area contributed by atoms with Crippen LogP contribution < -0.4 is 9.47 Å². The van der Waals surface area contributed by atoms with Crippen LogP contribution in [0.1, 0.15) is 5.56 Å². The van der Waals surface area contributed by atoms with Crippen molar-refractivity contribution in [3.05, 3.63) is 54.1 Å². The molecule has 0 aliphatic carbocycles. The second kappa shape index (κ2) is 6.54. The van der Waals surface area contributed by atoms with Gasteiger partial charge in [-0.2, -0.15) is 0 Å². The maximum absolute atomic E-state index is 8.84. The summed E-state index contributed by atoms with van der Waals surface area (Å²) in [4.78, 5) is 1.24. The summed E-state index contributed by atoms with van der Waals surface area (Å²) in [6, 6.07) is 15.8. The molecule has 3 rings (SSSR count). The maximum atomic E-state index is 8.84. The lowest BCUT2D eigenvalue weighted by Gasteiger charge is -2.07. The van der Waals surface area contributed by atoms with Crippen molar-refractivity contribution in [3.8, 4) is 11.5 Å². The quantitative estimate of drug-likeness (QED) is 0.398. The molecule has 0 saturated heterocycles. The minimum absolute atomic E-state index is 0.305. The molecule has 1 aliphatic rings. The van der Waals surface area contributed by atoms with Crippen LogP contribution in [0.25, 0.3) is 0 Å². The van der Waals surface area contributed by atoms with Crippen LogP contribution in [0.5, 0.6) is 11.5 Å². The van der Waals surface area contributed by atoms with Crippen molar-refractivity contribution in [1.29, 1.82) is 0 Å². The Bertz CT molecular complexity index is 643. The molecule has 1 heterocycles. The molecule has 0 spiro atoms. The molecule has 1 aliphatic heterocycles. The zero-order valence-corrected chi connectivity index (χ0v) is 12.2. The van der Waals surface area contributed by atoms with E-state index >= 15 is 0 Å². The summed E-state index contributed by atoms with van der Waals surface area (Å²) < 4.78 is 11.2. The summed E-state index contributed by atoms with van der Waals surface area (Å²) in [7, 11) is 0. The Kier molecular flexibility index (Phi) is 4.31. The number of ether oxygens (including phenoxy) is 2. The van der Waals surface area contributed by atoms with E-state index in [9.17, 15) is 0 Å². The first-order valence-corrected chi connectivity index (χ1v) is 7.64. The lowest BCUT2D eigenvalue weighted by molar-refractivity contribution is 0.313. The monoisotopic (exact) mass is 301 g/mol. The van der Waals surface area contributed by atoms with E-state index < -0.39 is 0 Å². The Morgan fingerprint density at radius 1 is 1.19 bits per heavy atom. The smallest absolute Gasteiger partial charge is 0.134 e. The van der Waals surface area contributed by atoms with E-state index in [1.165, 1.54) is 4.90 Å². The Morgan fingerprint density at radius 2 is 2.05 bits per heavy atom.